The molecule has 7 heteroatoms. The Morgan fingerprint density at radius 3 is 2.32 bits per heavy atom. The number of hydrogen-bond donors (Lipinski definition) is 3. The highest BCUT2D eigenvalue weighted by Crippen LogP contribution is 2.00. The predicted molar refractivity (Wildman–Crippen MR) is 90.2 cm³/mol. The molecule has 1 aromatic heterocycles. The summed E-state index contributed by atoms with van der Waals surface area (Å²) >= 11 is 5.01. The molecule has 6 nitrogen and oxygen atoms in total. The van der Waals surface area contributed by atoms with Gasteiger partial charge in [-0.25, -0.2) is 0 Å². The molecule has 0 unspecified atom stereocenters. The normalized spacial score (nSPS) is 9.18. The van der Waals surface area contributed by atoms with Gasteiger partial charge in [-0.2, -0.15) is 0 Å². The second kappa shape index (κ2) is 8.58. The van der Waals surface area contributed by atoms with Gasteiger partial charge in [0.1, 0.15) is 5.69 Å². The molecule has 2 aromatic rings. The molecule has 0 aliphatic carbocycles. The highest BCUT2D eigenvalue weighted by Gasteiger charge is 2.10. The lowest BCUT2D eigenvalue weighted by Crippen LogP contribution is -2.39. The van der Waals surface area contributed by atoms with Gasteiger partial charge in [-0.05, 0) is 36.5 Å². The third kappa shape index (κ3) is 4.71. The molecular weight excluding hydrogens is 300 g/mol. The molecule has 0 saturated heterocycles. The Labute approximate surface area is 134 Å². The van der Waals surface area contributed by atoms with Gasteiger partial charge in [0.2, 0.25) is 0 Å². The molecular formula is C15H18N4O2S. The molecule has 2 amide bonds. The van der Waals surface area contributed by atoms with Gasteiger partial charge in [0.15, 0.2) is 5.11 Å². The zero-order chi connectivity index (χ0) is 16.5. The zero-order valence-electron chi connectivity index (χ0n) is 12.4. The highest BCUT2D eigenvalue weighted by molar-refractivity contribution is 7.80. The lowest BCUT2D eigenvalue weighted by molar-refractivity contribution is 0.0975. The summed E-state index contributed by atoms with van der Waals surface area (Å²) in [6.45, 7) is 4.00. The number of nitrogens with two attached hydrogens (primary N) is 1. The predicted octanol–water partition coefficient (Wildman–Crippen LogP) is 1.87. The maximum Gasteiger partial charge on any atom is 0.267 e. The van der Waals surface area contributed by atoms with E-state index < -0.39 is 5.91 Å². The maximum atomic E-state index is 11.9. The van der Waals surface area contributed by atoms with Crippen molar-refractivity contribution in [2.24, 2.45) is 5.73 Å². The standard InChI is InChI=1S/C13H12N4O2S.C2H6/c14-11(18)10-7-4-8-17(10)16-13(20)15-12(19)9-5-2-1-3-6-9;1-2/h1-8H,(H2,14,18)(H2,15,16,19,20);1-2H3. The van der Waals surface area contributed by atoms with Crippen LogP contribution in [0.3, 0.4) is 0 Å². The van der Waals surface area contributed by atoms with E-state index in [9.17, 15) is 9.59 Å². The van der Waals surface area contributed by atoms with Crippen LogP contribution in [0.4, 0.5) is 0 Å². The van der Waals surface area contributed by atoms with E-state index in [1.54, 1.807) is 36.5 Å². The minimum Gasteiger partial charge on any atom is -0.364 e. The molecule has 0 atom stereocenters. The van der Waals surface area contributed by atoms with Crippen LogP contribution in [0.15, 0.2) is 48.7 Å². The molecule has 0 aliphatic rings. The van der Waals surface area contributed by atoms with E-state index in [0.29, 0.717) is 5.56 Å². The molecule has 4 N–H and O–H groups in total. The van der Waals surface area contributed by atoms with Crippen molar-refractivity contribution in [1.82, 2.24) is 9.99 Å². The third-order valence-corrected chi connectivity index (χ3v) is 2.68. The molecule has 1 aromatic carbocycles. The van der Waals surface area contributed by atoms with Crippen molar-refractivity contribution in [3.8, 4) is 0 Å². The number of carbonyl (C=O) groups excluding carboxylic acids is 2. The van der Waals surface area contributed by atoms with Gasteiger partial charge in [-0.1, -0.05) is 32.0 Å². The van der Waals surface area contributed by atoms with Crippen molar-refractivity contribution in [3.63, 3.8) is 0 Å². The molecule has 2 rings (SSSR count). The second-order valence-corrected chi connectivity index (χ2v) is 4.30. The van der Waals surface area contributed by atoms with Gasteiger partial charge in [-0.3, -0.25) is 25.0 Å². The van der Waals surface area contributed by atoms with Crippen LogP contribution in [0, 0.1) is 0 Å². The molecule has 0 fully saturated rings. The Balaban J connectivity index is 0.00000116. The maximum absolute atomic E-state index is 11.9. The first-order valence-electron chi connectivity index (χ1n) is 6.72. The number of nitrogens with one attached hydrogen (secondary N) is 2. The minimum absolute atomic E-state index is 0.0672. The fourth-order valence-corrected chi connectivity index (χ4v) is 1.77. The van der Waals surface area contributed by atoms with Crippen LogP contribution < -0.4 is 16.5 Å². The first-order valence-corrected chi connectivity index (χ1v) is 7.13. The van der Waals surface area contributed by atoms with Crippen molar-refractivity contribution in [3.05, 3.63) is 59.9 Å². The number of aromatic nitrogens is 1. The number of amides is 2. The zero-order valence-corrected chi connectivity index (χ0v) is 13.2. The number of rotatable bonds is 3. The largest absolute Gasteiger partial charge is 0.364 e. The average Bonchev–Trinajstić information content (AvgIpc) is 2.98. The van der Waals surface area contributed by atoms with Gasteiger partial charge >= 0.3 is 0 Å². The summed E-state index contributed by atoms with van der Waals surface area (Å²) in [5.74, 6) is -0.935. The van der Waals surface area contributed by atoms with E-state index in [4.69, 9.17) is 18.0 Å². The van der Waals surface area contributed by atoms with Gasteiger partial charge in [-0.15, -0.1) is 0 Å². The minimum atomic E-state index is -0.598. The van der Waals surface area contributed by atoms with E-state index >= 15 is 0 Å². The van der Waals surface area contributed by atoms with Crippen LogP contribution in [0.1, 0.15) is 34.7 Å². The summed E-state index contributed by atoms with van der Waals surface area (Å²) in [6, 6.07) is 11.8. The Morgan fingerprint density at radius 1 is 1.09 bits per heavy atom. The summed E-state index contributed by atoms with van der Waals surface area (Å²) in [5, 5.41) is 2.58. The fourth-order valence-electron chi connectivity index (χ4n) is 1.58. The van der Waals surface area contributed by atoms with Crippen molar-refractivity contribution in [1.29, 1.82) is 0 Å². The first kappa shape index (κ1) is 17.4. The monoisotopic (exact) mass is 318 g/mol. The fraction of sp³-hybridized carbons (Fsp3) is 0.133. The lowest BCUT2D eigenvalue weighted by atomic mass is 10.2. The van der Waals surface area contributed by atoms with Crippen molar-refractivity contribution < 1.29 is 9.59 Å². The molecule has 0 bridgehead atoms. The van der Waals surface area contributed by atoms with Gasteiger partial charge in [0.25, 0.3) is 11.8 Å². The van der Waals surface area contributed by atoms with Crippen molar-refractivity contribution in [2.75, 3.05) is 5.43 Å². The van der Waals surface area contributed by atoms with E-state index in [-0.39, 0.29) is 16.7 Å². The number of primary amides is 1. The number of hydrogen-bond acceptors (Lipinski definition) is 3. The first-order chi connectivity index (χ1) is 10.6. The number of carbonyl (C=O) groups is 2. The molecule has 0 radical (unpaired) electrons. The summed E-state index contributed by atoms with van der Waals surface area (Å²) in [7, 11) is 0. The molecule has 22 heavy (non-hydrogen) atoms. The average molecular weight is 318 g/mol. The quantitative estimate of drug-likeness (QED) is 0.754. The lowest BCUT2D eigenvalue weighted by Gasteiger charge is -2.12. The van der Waals surface area contributed by atoms with E-state index in [0.717, 1.165) is 0 Å². The second-order valence-electron chi connectivity index (χ2n) is 3.89. The van der Waals surface area contributed by atoms with Gasteiger partial charge < -0.3 is 5.73 Å². The summed E-state index contributed by atoms with van der Waals surface area (Å²) < 4.78 is 1.34. The highest BCUT2D eigenvalue weighted by atomic mass is 32.1. The smallest absolute Gasteiger partial charge is 0.267 e. The molecule has 1 heterocycles. The van der Waals surface area contributed by atoms with Gasteiger partial charge in [0, 0.05) is 11.8 Å². The van der Waals surface area contributed by atoms with Crippen LogP contribution in [-0.2, 0) is 0 Å². The number of nitrogens with zero attached hydrogens (tertiary/aromatic N) is 1. The Morgan fingerprint density at radius 2 is 1.73 bits per heavy atom. The van der Waals surface area contributed by atoms with Crippen LogP contribution in [-0.4, -0.2) is 21.6 Å². The summed E-state index contributed by atoms with van der Waals surface area (Å²) in [4.78, 5) is 23.0. The van der Waals surface area contributed by atoms with Crippen molar-refractivity contribution in [2.45, 2.75) is 13.8 Å². The topological polar surface area (TPSA) is 89.2 Å². The molecule has 116 valence electrons. The van der Waals surface area contributed by atoms with Crippen molar-refractivity contribution >= 4 is 29.1 Å². The van der Waals surface area contributed by atoms with Crippen LogP contribution in [0.5, 0.6) is 0 Å². The summed E-state index contributed by atoms with van der Waals surface area (Å²) in [6.07, 6.45) is 1.57. The van der Waals surface area contributed by atoms with Crippen LogP contribution in [0.25, 0.3) is 0 Å². The van der Waals surface area contributed by atoms with Crippen LogP contribution >= 0.6 is 12.2 Å². The SMILES string of the molecule is CC.NC(=O)c1cccn1NC(=S)NC(=O)c1ccccc1. The summed E-state index contributed by atoms with van der Waals surface area (Å²) in [5.41, 5.74) is 8.61. The van der Waals surface area contributed by atoms with E-state index in [2.05, 4.69) is 10.7 Å². The molecule has 0 aliphatic heterocycles. The Kier molecular flexibility index (Phi) is 6.78. The van der Waals surface area contributed by atoms with Crippen LogP contribution in [0.2, 0.25) is 0 Å². The van der Waals surface area contributed by atoms with E-state index in [1.807, 2.05) is 19.9 Å². The Bertz CT molecular complexity index is 653. The third-order valence-electron chi connectivity index (χ3n) is 2.49. The number of benzene rings is 1. The van der Waals surface area contributed by atoms with Gasteiger partial charge in [0.05, 0.1) is 0 Å². The van der Waals surface area contributed by atoms with E-state index in [1.165, 1.54) is 10.7 Å². The Hall–Kier alpha value is -2.67. The molecule has 0 saturated carbocycles. The number of thiocarbonyl (C=S) groups is 1. The molecule has 0 spiro atoms.